The van der Waals surface area contributed by atoms with Crippen molar-refractivity contribution in [2.24, 2.45) is 0 Å². The van der Waals surface area contributed by atoms with Gasteiger partial charge in [0.2, 0.25) is 11.2 Å². The highest BCUT2D eigenvalue weighted by atomic mass is 32.1. The summed E-state index contributed by atoms with van der Waals surface area (Å²) >= 11 is 1.56. The summed E-state index contributed by atoms with van der Waals surface area (Å²) in [5.41, 5.74) is 0.119. The molecule has 0 atom stereocenters. The number of anilines is 1. The molecule has 0 saturated carbocycles. The third-order valence-corrected chi connectivity index (χ3v) is 5.40. The molecule has 0 aliphatic carbocycles. The summed E-state index contributed by atoms with van der Waals surface area (Å²) in [6, 6.07) is 11.0. The van der Waals surface area contributed by atoms with Crippen LogP contribution in [0.3, 0.4) is 0 Å². The minimum Gasteiger partial charge on any atom is -0.501 e. The van der Waals surface area contributed by atoms with Crippen LogP contribution in [0.15, 0.2) is 45.6 Å². The topological polar surface area (TPSA) is 53.7 Å². The van der Waals surface area contributed by atoms with Crippen molar-refractivity contribution in [1.29, 1.82) is 0 Å². The van der Waals surface area contributed by atoms with Crippen molar-refractivity contribution >= 4 is 27.3 Å². The number of aromatic hydroxyl groups is 1. The third-order valence-electron chi connectivity index (χ3n) is 4.26. The number of hydrogen-bond donors (Lipinski definition) is 1. The molecule has 1 fully saturated rings. The van der Waals surface area contributed by atoms with Gasteiger partial charge in [0.25, 0.3) is 0 Å². The normalized spacial score (nSPS) is 15.2. The SMILES string of the molecule is O=c1c(O)c(-c2ccc(N3CCCCC3)s2)oc2ccccc12. The van der Waals surface area contributed by atoms with Crippen LogP contribution < -0.4 is 10.3 Å². The fraction of sp³-hybridized carbons (Fsp3) is 0.278. The number of piperidine rings is 1. The molecular formula is C18H17NO3S. The van der Waals surface area contributed by atoms with Crippen LogP contribution in [-0.2, 0) is 0 Å². The van der Waals surface area contributed by atoms with Crippen molar-refractivity contribution in [3.8, 4) is 16.4 Å². The van der Waals surface area contributed by atoms with Gasteiger partial charge in [0.15, 0.2) is 5.76 Å². The molecule has 1 saturated heterocycles. The van der Waals surface area contributed by atoms with Crippen molar-refractivity contribution in [1.82, 2.24) is 0 Å². The Morgan fingerprint density at radius 1 is 1.04 bits per heavy atom. The van der Waals surface area contributed by atoms with Crippen LogP contribution in [0.25, 0.3) is 21.6 Å². The largest absolute Gasteiger partial charge is 0.501 e. The Morgan fingerprint density at radius 2 is 1.83 bits per heavy atom. The summed E-state index contributed by atoms with van der Waals surface area (Å²) in [6.07, 6.45) is 3.71. The first-order chi connectivity index (χ1) is 11.2. The molecule has 118 valence electrons. The van der Waals surface area contributed by atoms with Crippen molar-refractivity contribution < 1.29 is 9.52 Å². The van der Waals surface area contributed by atoms with Gasteiger partial charge in [0.05, 0.1) is 15.3 Å². The summed E-state index contributed by atoms with van der Waals surface area (Å²) in [6.45, 7) is 2.13. The van der Waals surface area contributed by atoms with E-state index in [4.69, 9.17) is 4.42 Å². The van der Waals surface area contributed by atoms with Gasteiger partial charge >= 0.3 is 0 Å². The molecule has 1 N–H and O–H groups in total. The number of rotatable bonds is 2. The molecule has 1 aromatic carbocycles. The quantitative estimate of drug-likeness (QED) is 0.766. The smallest absolute Gasteiger partial charge is 0.235 e. The summed E-state index contributed by atoms with van der Waals surface area (Å²) in [5, 5.41) is 11.8. The Labute approximate surface area is 137 Å². The van der Waals surface area contributed by atoms with Crippen LogP contribution in [0.1, 0.15) is 19.3 Å². The molecule has 4 rings (SSSR count). The first-order valence-electron chi connectivity index (χ1n) is 7.84. The predicted octanol–water partition coefficient (Wildman–Crippen LogP) is 4.22. The second-order valence-corrected chi connectivity index (χ2v) is 6.85. The van der Waals surface area contributed by atoms with E-state index in [1.807, 2.05) is 18.2 Å². The van der Waals surface area contributed by atoms with Gasteiger partial charge in [-0.3, -0.25) is 4.79 Å². The van der Waals surface area contributed by atoms with Crippen LogP contribution in [0.4, 0.5) is 5.00 Å². The second kappa shape index (κ2) is 5.74. The lowest BCUT2D eigenvalue weighted by atomic mass is 10.1. The molecular weight excluding hydrogens is 310 g/mol. The first-order valence-corrected chi connectivity index (χ1v) is 8.65. The summed E-state index contributed by atoms with van der Waals surface area (Å²) in [5.74, 6) is -0.0438. The number of thiophene rings is 1. The van der Waals surface area contributed by atoms with Gasteiger partial charge in [-0.05, 0) is 43.5 Å². The van der Waals surface area contributed by atoms with E-state index in [1.165, 1.54) is 19.3 Å². The lowest BCUT2D eigenvalue weighted by Crippen LogP contribution is -2.28. The zero-order valence-corrected chi connectivity index (χ0v) is 13.4. The van der Waals surface area contributed by atoms with Crippen molar-refractivity contribution in [3.05, 3.63) is 46.6 Å². The van der Waals surface area contributed by atoms with E-state index >= 15 is 0 Å². The highest BCUT2D eigenvalue weighted by Gasteiger charge is 2.19. The maximum absolute atomic E-state index is 12.3. The molecule has 0 unspecified atom stereocenters. The lowest BCUT2D eigenvalue weighted by molar-refractivity contribution is 0.449. The van der Waals surface area contributed by atoms with E-state index in [-0.39, 0.29) is 16.9 Å². The number of nitrogens with zero attached hydrogens (tertiary/aromatic N) is 1. The molecule has 0 radical (unpaired) electrons. The van der Waals surface area contributed by atoms with E-state index in [0.29, 0.717) is 11.0 Å². The zero-order chi connectivity index (χ0) is 15.8. The average molecular weight is 327 g/mol. The standard InChI is InChI=1S/C18H17NO3S/c20-16-12-6-2-3-7-13(12)22-18(17(16)21)14-8-9-15(23-14)19-10-4-1-5-11-19/h2-3,6-9,21H,1,4-5,10-11H2. The van der Waals surface area contributed by atoms with Crippen LogP contribution in [0.2, 0.25) is 0 Å². The molecule has 5 heteroatoms. The van der Waals surface area contributed by atoms with E-state index in [1.54, 1.807) is 29.5 Å². The van der Waals surface area contributed by atoms with Gasteiger partial charge in [-0.25, -0.2) is 0 Å². The second-order valence-electron chi connectivity index (χ2n) is 5.79. The molecule has 2 aromatic heterocycles. The van der Waals surface area contributed by atoms with E-state index < -0.39 is 0 Å². The van der Waals surface area contributed by atoms with Gasteiger partial charge in [0, 0.05) is 13.1 Å². The van der Waals surface area contributed by atoms with Crippen LogP contribution >= 0.6 is 11.3 Å². The van der Waals surface area contributed by atoms with Crippen LogP contribution in [0, 0.1) is 0 Å². The molecule has 0 amide bonds. The van der Waals surface area contributed by atoms with E-state index in [9.17, 15) is 9.90 Å². The molecule has 23 heavy (non-hydrogen) atoms. The van der Waals surface area contributed by atoms with Crippen LogP contribution in [-0.4, -0.2) is 18.2 Å². The average Bonchev–Trinajstić information content (AvgIpc) is 3.09. The van der Waals surface area contributed by atoms with Crippen molar-refractivity contribution in [3.63, 3.8) is 0 Å². The third kappa shape index (κ3) is 2.51. The number of para-hydroxylation sites is 1. The number of hydrogen-bond acceptors (Lipinski definition) is 5. The van der Waals surface area contributed by atoms with E-state index in [0.717, 1.165) is 23.0 Å². The van der Waals surface area contributed by atoms with Crippen molar-refractivity contribution in [2.75, 3.05) is 18.0 Å². The van der Waals surface area contributed by atoms with Gasteiger partial charge in [-0.2, -0.15) is 0 Å². The van der Waals surface area contributed by atoms with Gasteiger partial charge in [0.1, 0.15) is 5.58 Å². The van der Waals surface area contributed by atoms with Gasteiger partial charge in [-0.15, -0.1) is 11.3 Å². The summed E-state index contributed by atoms with van der Waals surface area (Å²) in [4.78, 5) is 15.5. The summed E-state index contributed by atoms with van der Waals surface area (Å²) in [7, 11) is 0. The van der Waals surface area contributed by atoms with Crippen LogP contribution in [0.5, 0.6) is 5.75 Å². The zero-order valence-electron chi connectivity index (χ0n) is 12.6. The molecule has 4 nitrogen and oxygen atoms in total. The Bertz CT molecular complexity index is 906. The van der Waals surface area contributed by atoms with E-state index in [2.05, 4.69) is 4.90 Å². The Balaban J connectivity index is 1.79. The highest BCUT2D eigenvalue weighted by Crippen LogP contribution is 2.38. The maximum Gasteiger partial charge on any atom is 0.235 e. The Kier molecular flexibility index (Phi) is 3.58. The highest BCUT2D eigenvalue weighted by molar-refractivity contribution is 7.19. The molecule has 3 heterocycles. The molecule has 0 bridgehead atoms. The Hall–Kier alpha value is -2.27. The monoisotopic (exact) mass is 327 g/mol. The number of benzene rings is 1. The maximum atomic E-state index is 12.3. The fourth-order valence-corrected chi connectivity index (χ4v) is 4.07. The Morgan fingerprint density at radius 3 is 2.65 bits per heavy atom. The lowest BCUT2D eigenvalue weighted by Gasteiger charge is -2.27. The number of fused-ring (bicyclic) bond motifs is 1. The van der Waals surface area contributed by atoms with Crippen molar-refractivity contribution in [2.45, 2.75) is 19.3 Å². The molecule has 0 spiro atoms. The summed E-state index contributed by atoms with van der Waals surface area (Å²) < 4.78 is 5.80. The fourth-order valence-electron chi connectivity index (χ4n) is 3.03. The van der Waals surface area contributed by atoms with Gasteiger partial charge < -0.3 is 14.4 Å². The molecule has 1 aliphatic rings. The van der Waals surface area contributed by atoms with Gasteiger partial charge in [-0.1, -0.05) is 12.1 Å². The minimum absolute atomic E-state index is 0.266. The first kappa shape index (κ1) is 14.3. The predicted molar refractivity (Wildman–Crippen MR) is 93.5 cm³/mol. The minimum atomic E-state index is -0.380. The molecule has 1 aliphatic heterocycles. The molecule has 3 aromatic rings.